The largest absolute Gasteiger partial charge is 0.310 e. The first kappa shape index (κ1) is 14.6. The lowest BCUT2D eigenvalue weighted by Gasteiger charge is -2.34. The molecule has 0 amide bonds. The molecule has 0 aromatic heterocycles. The van der Waals surface area contributed by atoms with E-state index in [1.165, 1.54) is 42.4 Å². The van der Waals surface area contributed by atoms with Crippen LogP contribution in [0.15, 0.2) is 18.2 Å². The van der Waals surface area contributed by atoms with Gasteiger partial charge in [-0.05, 0) is 56.2 Å². The molecular weight excluding hydrogens is 230 g/mol. The van der Waals surface area contributed by atoms with Gasteiger partial charge in [-0.1, -0.05) is 50.5 Å². The van der Waals surface area contributed by atoms with Crippen LogP contribution in [0.2, 0.25) is 0 Å². The molecule has 1 fully saturated rings. The minimum atomic E-state index is 0.553. The van der Waals surface area contributed by atoms with Crippen molar-refractivity contribution in [3.63, 3.8) is 0 Å². The van der Waals surface area contributed by atoms with Gasteiger partial charge >= 0.3 is 0 Å². The first-order valence-electron chi connectivity index (χ1n) is 7.92. The molecule has 0 bridgehead atoms. The molecule has 1 nitrogen and oxygen atoms in total. The minimum Gasteiger partial charge on any atom is -0.310 e. The zero-order valence-corrected chi connectivity index (χ0v) is 13.0. The highest BCUT2D eigenvalue weighted by molar-refractivity contribution is 5.33. The Morgan fingerprint density at radius 1 is 1.16 bits per heavy atom. The molecule has 0 aliphatic heterocycles. The van der Waals surface area contributed by atoms with Crippen LogP contribution in [-0.4, -0.2) is 6.54 Å². The summed E-state index contributed by atoms with van der Waals surface area (Å²) in [6.45, 7) is 10.1. The molecule has 0 saturated heterocycles. The summed E-state index contributed by atoms with van der Waals surface area (Å²) >= 11 is 0. The Morgan fingerprint density at radius 2 is 1.84 bits per heavy atom. The lowest BCUT2D eigenvalue weighted by Crippen LogP contribution is -2.31. The average Bonchev–Trinajstić information content (AvgIpc) is 2.40. The van der Waals surface area contributed by atoms with Crippen molar-refractivity contribution in [2.24, 2.45) is 11.8 Å². The molecule has 0 spiro atoms. The van der Waals surface area contributed by atoms with E-state index in [2.05, 4.69) is 51.2 Å². The summed E-state index contributed by atoms with van der Waals surface area (Å²) in [5, 5.41) is 3.75. The van der Waals surface area contributed by atoms with E-state index in [9.17, 15) is 0 Å². The summed E-state index contributed by atoms with van der Waals surface area (Å²) < 4.78 is 0. The fourth-order valence-electron chi connectivity index (χ4n) is 3.46. The van der Waals surface area contributed by atoms with Crippen molar-refractivity contribution >= 4 is 0 Å². The Hall–Kier alpha value is -0.820. The lowest BCUT2D eigenvalue weighted by molar-refractivity contribution is 0.232. The van der Waals surface area contributed by atoms with Gasteiger partial charge < -0.3 is 5.32 Å². The molecular formula is C18H29N. The number of hydrogen-bond acceptors (Lipinski definition) is 1. The normalized spacial score (nSPS) is 25.3. The van der Waals surface area contributed by atoms with Crippen LogP contribution in [0.5, 0.6) is 0 Å². The van der Waals surface area contributed by atoms with Gasteiger partial charge in [0, 0.05) is 6.04 Å². The third-order valence-corrected chi connectivity index (χ3v) is 4.73. The van der Waals surface area contributed by atoms with Crippen molar-refractivity contribution < 1.29 is 0 Å². The zero-order chi connectivity index (χ0) is 13.8. The molecule has 1 heteroatoms. The summed E-state index contributed by atoms with van der Waals surface area (Å²) in [5.41, 5.74) is 4.35. The van der Waals surface area contributed by atoms with Gasteiger partial charge in [0.15, 0.2) is 0 Å². The van der Waals surface area contributed by atoms with Gasteiger partial charge in [-0.2, -0.15) is 0 Å². The van der Waals surface area contributed by atoms with Gasteiger partial charge in [0.25, 0.3) is 0 Å². The topological polar surface area (TPSA) is 12.0 Å². The summed E-state index contributed by atoms with van der Waals surface area (Å²) in [6.07, 6.45) is 5.56. The molecule has 1 saturated carbocycles. The van der Waals surface area contributed by atoms with Crippen LogP contribution < -0.4 is 5.32 Å². The van der Waals surface area contributed by atoms with Crippen molar-refractivity contribution in [3.05, 3.63) is 34.9 Å². The highest BCUT2D eigenvalue weighted by Crippen LogP contribution is 2.37. The van der Waals surface area contributed by atoms with Gasteiger partial charge in [-0.15, -0.1) is 0 Å². The first-order chi connectivity index (χ1) is 9.11. The van der Waals surface area contributed by atoms with Crippen molar-refractivity contribution in [2.75, 3.05) is 6.54 Å². The van der Waals surface area contributed by atoms with E-state index >= 15 is 0 Å². The van der Waals surface area contributed by atoms with E-state index in [1.807, 2.05) is 0 Å². The van der Waals surface area contributed by atoms with E-state index in [4.69, 9.17) is 0 Å². The molecule has 106 valence electrons. The van der Waals surface area contributed by atoms with E-state index in [1.54, 1.807) is 0 Å². The van der Waals surface area contributed by atoms with Crippen LogP contribution in [0.25, 0.3) is 0 Å². The van der Waals surface area contributed by atoms with Crippen molar-refractivity contribution in [1.29, 1.82) is 0 Å². The van der Waals surface area contributed by atoms with Gasteiger partial charge in [-0.25, -0.2) is 0 Å². The maximum absolute atomic E-state index is 3.75. The van der Waals surface area contributed by atoms with Crippen LogP contribution in [-0.2, 0) is 0 Å². The van der Waals surface area contributed by atoms with Gasteiger partial charge in [0.1, 0.15) is 0 Å². The first-order valence-corrected chi connectivity index (χ1v) is 7.92. The maximum atomic E-state index is 3.75. The number of hydrogen-bond donors (Lipinski definition) is 1. The molecule has 0 radical (unpaired) electrons. The summed E-state index contributed by atoms with van der Waals surface area (Å²) in [4.78, 5) is 0. The molecule has 1 aromatic carbocycles. The van der Waals surface area contributed by atoms with Crippen LogP contribution in [0.1, 0.15) is 62.3 Å². The van der Waals surface area contributed by atoms with Crippen molar-refractivity contribution in [1.82, 2.24) is 5.32 Å². The van der Waals surface area contributed by atoms with Gasteiger partial charge in [0.2, 0.25) is 0 Å². The number of benzene rings is 1. The average molecular weight is 259 g/mol. The molecule has 2 rings (SSSR count). The highest BCUT2D eigenvalue weighted by atomic mass is 14.9. The lowest BCUT2D eigenvalue weighted by atomic mass is 9.76. The predicted octanol–water partition coefficient (Wildman–Crippen LogP) is 4.78. The van der Waals surface area contributed by atoms with Crippen LogP contribution >= 0.6 is 0 Å². The molecule has 1 atom stereocenters. The molecule has 1 aliphatic rings. The SMILES string of the molecule is CCNC(c1cc(C)ccc1C)C1CCC(C)CC1. The predicted molar refractivity (Wildman–Crippen MR) is 83.5 cm³/mol. The molecule has 0 heterocycles. The van der Waals surface area contributed by atoms with Crippen molar-refractivity contribution in [3.8, 4) is 0 Å². The molecule has 1 unspecified atom stereocenters. The summed E-state index contributed by atoms with van der Waals surface area (Å²) in [7, 11) is 0. The quantitative estimate of drug-likeness (QED) is 0.820. The van der Waals surface area contributed by atoms with E-state index in [0.717, 1.165) is 18.4 Å². The van der Waals surface area contributed by atoms with Crippen LogP contribution in [0.4, 0.5) is 0 Å². The Labute approximate surface area is 118 Å². The fraction of sp³-hybridized carbons (Fsp3) is 0.667. The van der Waals surface area contributed by atoms with Crippen LogP contribution in [0.3, 0.4) is 0 Å². The standard InChI is InChI=1S/C18H29N/c1-5-19-18(16-10-7-13(2)8-11-16)17-12-14(3)6-9-15(17)4/h6,9,12-13,16,18-19H,5,7-8,10-11H2,1-4H3. The van der Waals surface area contributed by atoms with Gasteiger partial charge in [-0.3, -0.25) is 0 Å². The highest BCUT2D eigenvalue weighted by Gasteiger charge is 2.27. The summed E-state index contributed by atoms with van der Waals surface area (Å²) in [5.74, 6) is 1.74. The minimum absolute atomic E-state index is 0.553. The Bertz CT molecular complexity index is 402. The number of nitrogens with one attached hydrogen (secondary N) is 1. The number of rotatable bonds is 4. The van der Waals surface area contributed by atoms with Crippen LogP contribution in [0, 0.1) is 25.7 Å². The molecule has 1 aromatic rings. The maximum Gasteiger partial charge on any atom is 0.0351 e. The summed E-state index contributed by atoms with van der Waals surface area (Å²) in [6, 6.07) is 7.45. The van der Waals surface area contributed by atoms with E-state index in [-0.39, 0.29) is 0 Å². The second-order valence-corrected chi connectivity index (χ2v) is 6.42. The van der Waals surface area contributed by atoms with E-state index < -0.39 is 0 Å². The van der Waals surface area contributed by atoms with E-state index in [0.29, 0.717) is 6.04 Å². The second kappa shape index (κ2) is 6.56. The zero-order valence-electron chi connectivity index (χ0n) is 13.0. The Kier molecular flexibility index (Phi) is 5.04. The Morgan fingerprint density at radius 3 is 2.47 bits per heavy atom. The fourth-order valence-corrected chi connectivity index (χ4v) is 3.46. The van der Waals surface area contributed by atoms with Gasteiger partial charge in [0.05, 0.1) is 0 Å². The smallest absolute Gasteiger partial charge is 0.0351 e. The monoisotopic (exact) mass is 259 g/mol. The van der Waals surface area contributed by atoms with Crippen molar-refractivity contribution in [2.45, 2.75) is 59.4 Å². The third-order valence-electron chi connectivity index (χ3n) is 4.73. The molecule has 1 N–H and O–H groups in total. The molecule has 1 aliphatic carbocycles. The third kappa shape index (κ3) is 3.60. The molecule has 19 heavy (non-hydrogen) atoms. The Balaban J connectivity index is 2.21. The second-order valence-electron chi connectivity index (χ2n) is 6.42. The number of aryl methyl sites for hydroxylation is 2.